The van der Waals surface area contributed by atoms with Gasteiger partial charge in [0.25, 0.3) is 5.91 Å². The van der Waals surface area contributed by atoms with Gasteiger partial charge in [0.1, 0.15) is 11.5 Å². The van der Waals surface area contributed by atoms with Crippen molar-refractivity contribution in [3.05, 3.63) is 54.0 Å². The minimum absolute atomic E-state index is 0.0609. The molecule has 2 fully saturated rings. The van der Waals surface area contributed by atoms with Gasteiger partial charge < -0.3 is 14.7 Å². The topological polar surface area (TPSA) is 72.9 Å². The second-order valence-electron chi connectivity index (χ2n) is 7.44. The Morgan fingerprint density at radius 1 is 0.897 bits per heavy atom. The molecule has 8 nitrogen and oxygen atoms in total. The monoisotopic (exact) mass is 394 g/mol. The SMILES string of the molecule is O=CN1CCN(c2cnc(C(=O)N3CCN(Cc4ccccc4)CC3)cn2)CC1. The Kier molecular flexibility index (Phi) is 6.00. The average molecular weight is 394 g/mol. The van der Waals surface area contributed by atoms with Crippen molar-refractivity contribution in [1.29, 1.82) is 0 Å². The zero-order chi connectivity index (χ0) is 20.1. The van der Waals surface area contributed by atoms with Crippen molar-refractivity contribution in [3.8, 4) is 0 Å². The highest BCUT2D eigenvalue weighted by atomic mass is 16.2. The minimum Gasteiger partial charge on any atom is -0.352 e. The summed E-state index contributed by atoms with van der Waals surface area (Å²) in [5.74, 6) is 0.689. The summed E-state index contributed by atoms with van der Waals surface area (Å²) >= 11 is 0. The lowest BCUT2D eigenvalue weighted by Crippen LogP contribution is -2.48. The second-order valence-corrected chi connectivity index (χ2v) is 7.44. The van der Waals surface area contributed by atoms with Gasteiger partial charge in [0.15, 0.2) is 0 Å². The molecule has 4 rings (SSSR count). The van der Waals surface area contributed by atoms with Gasteiger partial charge in [0, 0.05) is 58.9 Å². The first-order valence-corrected chi connectivity index (χ1v) is 10.0. The molecule has 0 N–H and O–H groups in total. The number of hydrogen-bond acceptors (Lipinski definition) is 6. The molecular weight excluding hydrogens is 368 g/mol. The molecular formula is C21H26N6O2. The zero-order valence-corrected chi connectivity index (χ0v) is 16.5. The number of piperazine rings is 2. The van der Waals surface area contributed by atoms with E-state index >= 15 is 0 Å². The van der Waals surface area contributed by atoms with E-state index in [-0.39, 0.29) is 5.91 Å². The molecule has 2 aliphatic heterocycles. The van der Waals surface area contributed by atoms with Crippen LogP contribution >= 0.6 is 0 Å². The van der Waals surface area contributed by atoms with Crippen LogP contribution in [0.25, 0.3) is 0 Å². The summed E-state index contributed by atoms with van der Waals surface area (Å²) in [6.45, 7) is 6.83. The molecule has 0 radical (unpaired) electrons. The first-order chi connectivity index (χ1) is 14.2. The summed E-state index contributed by atoms with van der Waals surface area (Å²) in [6.07, 6.45) is 4.11. The Labute approximate surface area is 170 Å². The van der Waals surface area contributed by atoms with E-state index in [4.69, 9.17) is 0 Å². The van der Waals surface area contributed by atoms with Crippen molar-refractivity contribution in [2.75, 3.05) is 57.3 Å². The highest BCUT2D eigenvalue weighted by molar-refractivity contribution is 5.92. The quantitative estimate of drug-likeness (QED) is 0.696. The Morgan fingerprint density at radius 3 is 2.24 bits per heavy atom. The third kappa shape index (κ3) is 4.71. The highest BCUT2D eigenvalue weighted by Gasteiger charge is 2.24. The van der Waals surface area contributed by atoms with E-state index in [0.29, 0.717) is 31.9 Å². The summed E-state index contributed by atoms with van der Waals surface area (Å²) in [7, 11) is 0. The fourth-order valence-electron chi connectivity index (χ4n) is 3.76. The number of benzene rings is 1. The maximum atomic E-state index is 12.8. The van der Waals surface area contributed by atoms with E-state index in [1.165, 1.54) is 5.56 Å². The minimum atomic E-state index is -0.0609. The maximum absolute atomic E-state index is 12.8. The van der Waals surface area contributed by atoms with Crippen molar-refractivity contribution < 1.29 is 9.59 Å². The number of amides is 2. The van der Waals surface area contributed by atoms with Crippen LogP contribution in [0.3, 0.4) is 0 Å². The molecule has 2 saturated heterocycles. The lowest BCUT2D eigenvalue weighted by Gasteiger charge is -2.34. The molecule has 2 aromatic rings. The summed E-state index contributed by atoms with van der Waals surface area (Å²) in [6, 6.07) is 10.4. The Hall–Kier alpha value is -3.00. The van der Waals surface area contributed by atoms with Gasteiger partial charge in [-0.15, -0.1) is 0 Å². The molecule has 0 saturated carbocycles. The Balaban J connectivity index is 1.29. The standard InChI is InChI=1S/C21H26N6O2/c28-17-25-8-10-26(11-9-25)20-15-22-19(14-23-20)21(29)27-12-6-24(7-13-27)16-18-4-2-1-3-5-18/h1-5,14-15,17H,6-13,16H2. The molecule has 0 bridgehead atoms. The summed E-state index contributed by atoms with van der Waals surface area (Å²) in [5.41, 5.74) is 1.68. The molecule has 152 valence electrons. The van der Waals surface area contributed by atoms with Gasteiger partial charge in [-0.05, 0) is 5.56 Å². The third-order valence-electron chi connectivity index (χ3n) is 5.55. The number of nitrogens with zero attached hydrogens (tertiary/aromatic N) is 6. The van der Waals surface area contributed by atoms with Crippen LogP contribution in [0.1, 0.15) is 16.1 Å². The summed E-state index contributed by atoms with van der Waals surface area (Å²) in [5, 5.41) is 0. The number of carbonyl (C=O) groups excluding carboxylic acids is 2. The van der Waals surface area contributed by atoms with Crippen molar-refractivity contribution in [3.63, 3.8) is 0 Å². The van der Waals surface area contributed by atoms with Gasteiger partial charge in [0.05, 0.1) is 12.4 Å². The van der Waals surface area contributed by atoms with Crippen molar-refractivity contribution >= 4 is 18.1 Å². The third-order valence-corrected chi connectivity index (χ3v) is 5.55. The van der Waals surface area contributed by atoms with Crippen LogP contribution < -0.4 is 4.90 Å². The molecule has 2 aliphatic rings. The Bertz CT molecular complexity index is 813. The predicted octanol–water partition coefficient (Wildman–Crippen LogP) is 0.713. The Morgan fingerprint density at radius 2 is 1.62 bits per heavy atom. The van der Waals surface area contributed by atoms with E-state index in [2.05, 4.69) is 44.0 Å². The van der Waals surface area contributed by atoms with Gasteiger partial charge in [0.2, 0.25) is 6.41 Å². The van der Waals surface area contributed by atoms with Gasteiger partial charge >= 0.3 is 0 Å². The smallest absolute Gasteiger partial charge is 0.274 e. The molecule has 0 unspecified atom stereocenters. The molecule has 8 heteroatoms. The summed E-state index contributed by atoms with van der Waals surface area (Å²) in [4.78, 5) is 40.5. The molecule has 0 atom stereocenters. The largest absolute Gasteiger partial charge is 0.352 e. The number of rotatable bonds is 5. The number of hydrogen-bond donors (Lipinski definition) is 0. The first kappa shape index (κ1) is 19.3. The van der Waals surface area contributed by atoms with E-state index in [1.54, 1.807) is 17.3 Å². The van der Waals surface area contributed by atoms with E-state index < -0.39 is 0 Å². The fraction of sp³-hybridized carbons (Fsp3) is 0.429. The second kappa shape index (κ2) is 9.00. The predicted molar refractivity (Wildman–Crippen MR) is 110 cm³/mol. The molecule has 1 aromatic carbocycles. The lowest BCUT2D eigenvalue weighted by molar-refractivity contribution is -0.118. The van der Waals surface area contributed by atoms with Crippen LogP contribution in [-0.4, -0.2) is 89.3 Å². The van der Waals surface area contributed by atoms with Gasteiger partial charge in [-0.25, -0.2) is 9.97 Å². The van der Waals surface area contributed by atoms with Crippen LogP contribution in [0.2, 0.25) is 0 Å². The molecule has 2 amide bonds. The first-order valence-electron chi connectivity index (χ1n) is 10.0. The van der Waals surface area contributed by atoms with Gasteiger partial charge in [-0.3, -0.25) is 14.5 Å². The molecule has 3 heterocycles. The van der Waals surface area contributed by atoms with Gasteiger partial charge in [-0.1, -0.05) is 30.3 Å². The van der Waals surface area contributed by atoms with E-state index in [9.17, 15) is 9.59 Å². The van der Waals surface area contributed by atoms with Crippen molar-refractivity contribution in [2.24, 2.45) is 0 Å². The molecule has 0 spiro atoms. The van der Waals surface area contributed by atoms with Crippen molar-refractivity contribution in [2.45, 2.75) is 6.54 Å². The lowest BCUT2D eigenvalue weighted by atomic mass is 10.2. The normalized spacial score (nSPS) is 18.0. The zero-order valence-electron chi connectivity index (χ0n) is 16.5. The van der Waals surface area contributed by atoms with Crippen LogP contribution in [-0.2, 0) is 11.3 Å². The number of aromatic nitrogens is 2. The van der Waals surface area contributed by atoms with Crippen LogP contribution in [0.15, 0.2) is 42.7 Å². The molecule has 1 aromatic heterocycles. The van der Waals surface area contributed by atoms with Crippen LogP contribution in [0.4, 0.5) is 5.82 Å². The summed E-state index contributed by atoms with van der Waals surface area (Å²) < 4.78 is 0. The number of anilines is 1. The van der Waals surface area contributed by atoms with Crippen molar-refractivity contribution in [1.82, 2.24) is 24.7 Å². The number of carbonyl (C=O) groups is 2. The fourth-order valence-corrected chi connectivity index (χ4v) is 3.76. The molecule has 0 aliphatic carbocycles. The van der Waals surface area contributed by atoms with Crippen LogP contribution in [0.5, 0.6) is 0 Å². The molecule has 29 heavy (non-hydrogen) atoms. The van der Waals surface area contributed by atoms with Crippen LogP contribution in [0, 0.1) is 0 Å². The van der Waals surface area contributed by atoms with E-state index in [0.717, 1.165) is 45.0 Å². The van der Waals surface area contributed by atoms with E-state index in [1.807, 2.05) is 11.0 Å². The maximum Gasteiger partial charge on any atom is 0.274 e. The highest BCUT2D eigenvalue weighted by Crippen LogP contribution is 2.14. The van der Waals surface area contributed by atoms with Gasteiger partial charge in [-0.2, -0.15) is 0 Å². The average Bonchev–Trinajstić information content (AvgIpc) is 2.80.